The molecule has 10 heteroatoms. The van der Waals surface area contributed by atoms with Gasteiger partial charge in [-0.1, -0.05) is 29.6 Å². The van der Waals surface area contributed by atoms with Gasteiger partial charge in [-0.25, -0.2) is 0 Å². The number of halogens is 2. The highest BCUT2D eigenvalue weighted by Gasteiger charge is 2.17. The van der Waals surface area contributed by atoms with Crippen molar-refractivity contribution in [1.82, 2.24) is 10.2 Å². The zero-order chi connectivity index (χ0) is 19.5. The van der Waals surface area contributed by atoms with E-state index in [1.807, 2.05) is 6.07 Å². The Morgan fingerprint density at radius 1 is 1.11 bits per heavy atom. The fourth-order valence-electron chi connectivity index (χ4n) is 2.55. The minimum absolute atomic E-state index is 0.196. The van der Waals surface area contributed by atoms with Crippen molar-refractivity contribution in [2.75, 3.05) is 13.9 Å². The molecule has 0 radical (unpaired) electrons. The van der Waals surface area contributed by atoms with Gasteiger partial charge in [0.1, 0.15) is 5.75 Å². The van der Waals surface area contributed by atoms with Crippen LogP contribution in [0, 0.1) is 0 Å². The molecular formula is C18H14F2N2O4S2. The smallest absolute Gasteiger partial charge is 0.289 e. The zero-order valence-corrected chi connectivity index (χ0v) is 16.2. The van der Waals surface area contributed by atoms with Crippen LogP contribution >= 0.6 is 23.5 Å². The van der Waals surface area contributed by atoms with Crippen LogP contribution in [0.25, 0.3) is 11.5 Å². The summed E-state index contributed by atoms with van der Waals surface area (Å²) in [5, 5.41) is 8.50. The van der Waals surface area contributed by atoms with Crippen molar-refractivity contribution in [3.8, 4) is 28.7 Å². The van der Waals surface area contributed by atoms with Crippen molar-refractivity contribution in [3.63, 3.8) is 0 Å². The molecule has 0 bridgehead atoms. The lowest BCUT2D eigenvalue weighted by molar-refractivity contribution is 0.174. The van der Waals surface area contributed by atoms with E-state index in [9.17, 15) is 8.78 Å². The largest absolute Gasteiger partial charge is 0.496 e. The van der Waals surface area contributed by atoms with Gasteiger partial charge in [0, 0.05) is 11.3 Å². The molecule has 0 saturated heterocycles. The normalized spacial score (nSPS) is 12.6. The van der Waals surface area contributed by atoms with Gasteiger partial charge in [-0.3, -0.25) is 0 Å². The third kappa shape index (κ3) is 4.17. The van der Waals surface area contributed by atoms with Crippen LogP contribution in [0.3, 0.4) is 0 Å². The lowest BCUT2D eigenvalue weighted by atomic mass is 10.2. The number of methoxy groups -OCH3 is 1. The van der Waals surface area contributed by atoms with Crippen molar-refractivity contribution < 1.29 is 27.4 Å². The van der Waals surface area contributed by atoms with Gasteiger partial charge in [0.15, 0.2) is 11.5 Å². The molecule has 1 aliphatic rings. The van der Waals surface area contributed by atoms with Gasteiger partial charge >= 0.3 is 0 Å². The van der Waals surface area contributed by atoms with E-state index in [1.54, 1.807) is 30.3 Å². The molecule has 2 heterocycles. The molecule has 0 aliphatic carbocycles. The summed E-state index contributed by atoms with van der Waals surface area (Å²) in [4.78, 5) is 0.397. The Labute approximate surface area is 167 Å². The van der Waals surface area contributed by atoms with Crippen molar-refractivity contribution in [3.05, 3.63) is 42.0 Å². The molecule has 0 N–H and O–H groups in total. The molecule has 0 unspecified atom stereocenters. The minimum atomic E-state index is -2.50. The second kappa shape index (κ2) is 8.27. The number of hydrogen-bond donors (Lipinski definition) is 0. The molecular weight excluding hydrogens is 410 g/mol. The maximum Gasteiger partial charge on any atom is 0.289 e. The van der Waals surface area contributed by atoms with Crippen LogP contribution in [0.5, 0.6) is 17.2 Å². The quantitative estimate of drug-likeness (QED) is 0.487. The Morgan fingerprint density at radius 2 is 1.96 bits per heavy atom. The van der Waals surface area contributed by atoms with Crippen LogP contribution in [-0.2, 0) is 5.75 Å². The fourth-order valence-corrected chi connectivity index (χ4v) is 3.86. The van der Waals surface area contributed by atoms with E-state index in [4.69, 9.17) is 18.6 Å². The molecule has 0 atom stereocenters. The molecule has 0 saturated carbocycles. The summed E-state index contributed by atoms with van der Waals surface area (Å²) in [7, 11) is 1.46. The second-order valence-electron chi connectivity index (χ2n) is 5.59. The summed E-state index contributed by atoms with van der Waals surface area (Å²) in [6, 6.07) is 10.5. The number of thioether (sulfide) groups is 2. The van der Waals surface area contributed by atoms with E-state index in [0.29, 0.717) is 50.8 Å². The SMILES string of the molecule is COc1cc(CSc2nnc(-c3ccc4c(c3)OCO4)o2)ccc1SC(F)F. The fraction of sp³-hybridized carbons (Fsp3) is 0.222. The first kappa shape index (κ1) is 18.9. The molecule has 0 spiro atoms. The number of fused-ring (bicyclic) bond motifs is 1. The molecule has 146 valence electrons. The van der Waals surface area contributed by atoms with Crippen LogP contribution in [0.4, 0.5) is 8.78 Å². The average molecular weight is 424 g/mol. The Balaban J connectivity index is 1.43. The van der Waals surface area contributed by atoms with Crippen molar-refractivity contribution in [1.29, 1.82) is 0 Å². The first-order valence-electron chi connectivity index (χ1n) is 8.10. The van der Waals surface area contributed by atoms with Crippen LogP contribution < -0.4 is 14.2 Å². The number of hydrogen-bond acceptors (Lipinski definition) is 8. The number of nitrogens with zero attached hydrogens (tertiary/aromatic N) is 2. The first-order valence-corrected chi connectivity index (χ1v) is 9.97. The Hall–Kier alpha value is -2.46. The summed E-state index contributed by atoms with van der Waals surface area (Å²) in [5.41, 5.74) is 1.63. The van der Waals surface area contributed by atoms with Gasteiger partial charge in [0.2, 0.25) is 12.7 Å². The van der Waals surface area contributed by atoms with E-state index in [-0.39, 0.29) is 6.79 Å². The number of alkyl halides is 2. The second-order valence-corrected chi connectivity index (χ2v) is 7.55. The molecule has 1 aromatic heterocycles. The highest BCUT2D eigenvalue weighted by molar-refractivity contribution is 7.99. The van der Waals surface area contributed by atoms with Crippen molar-refractivity contribution >= 4 is 23.5 Å². The minimum Gasteiger partial charge on any atom is -0.496 e. The lowest BCUT2D eigenvalue weighted by Gasteiger charge is -2.09. The highest BCUT2D eigenvalue weighted by Crippen LogP contribution is 2.37. The van der Waals surface area contributed by atoms with Gasteiger partial charge < -0.3 is 18.6 Å². The van der Waals surface area contributed by atoms with Gasteiger partial charge in [-0.05, 0) is 35.9 Å². The maximum absolute atomic E-state index is 12.6. The zero-order valence-electron chi connectivity index (χ0n) is 14.6. The topological polar surface area (TPSA) is 66.6 Å². The third-order valence-electron chi connectivity index (χ3n) is 3.83. The predicted octanol–water partition coefficient (Wildman–Crippen LogP) is 5.08. The van der Waals surface area contributed by atoms with Crippen LogP contribution in [-0.4, -0.2) is 29.9 Å². The van der Waals surface area contributed by atoms with E-state index < -0.39 is 5.76 Å². The summed E-state index contributed by atoms with van der Waals surface area (Å²) in [5.74, 6) is 0.136. The highest BCUT2D eigenvalue weighted by atomic mass is 32.2. The van der Waals surface area contributed by atoms with Gasteiger partial charge in [0.05, 0.1) is 12.0 Å². The number of aromatic nitrogens is 2. The van der Waals surface area contributed by atoms with Crippen LogP contribution in [0.2, 0.25) is 0 Å². The number of ether oxygens (including phenoxy) is 3. The van der Waals surface area contributed by atoms with Crippen molar-refractivity contribution in [2.45, 2.75) is 21.6 Å². The maximum atomic E-state index is 12.6. The van der Waals surface area contributed by atoms with E-state index in [2.05, 4.69) is 10.2 Å². The standard InChI is InChI=1S/C18H14F2N2O4S2/c1-23-14-6-10(2-5-15(14)28-17(19)20)8-27-18-22-21-16(26-18)11-3-4-12-13(7-11)25-9-24-12/h2-7,17H,8-9H2,1H3. The summed E-state index contributed by atoms with van der Waals surface area (Å²) >= 11 is 1.80. The lowest BCUT2D eigenvalue weighted by Crippen LogP contribution is -1.92. The van der Waals surface area contributed by atoms with Crippen LogP contribution in [0.1, 0.15) is 5.56 Å². The van der Waals surface area contributed by atoms with E-state index >= 15 is 0 Å². The third-order valence-corrected chi connectivity index (χ3v) is 5.49. The van der Waals surface area contributed by atoms with E-state index in [1.165, 1.54) is 18.9 Å². The molecule has 0 amide bonds. The summed E-state index contributed by atoms with van der Waals surface area (Å²) in [6.45, 7) is 0.196. The molecule has 1 aliphatic heterocycles. The Kier molecular flexibility index (Phi) is 5.58. The summed E-state index contributed by atoms with van der Waals surface area (Å²) in [6.07, 6.45) is 0. The molecule has 6 nitrogen and oxygen atoms in total. The summed E-state index contributed by atoms with van der Waals surface area (Å²) < 4.78 is 46.7. The molecule has 28 heavy (non-hydrogen) atoms. The molecule has 4 rings (SSSR count). The van der Waals surface area contributed by atoms with Crippen molar-refractivity contribution in [2.24, 2.45) is 0 Å². The Bertz CT molecular complexity index is 984. The average Bonchev–Trinajstić information content (AvgIpc) is 3.35. The Morgan fingerprint density at radius 3 is 2.79 bits per heavy atom. The van der Waals surface area contributed by atoms with Gasteiger partial charge in [0.25, 0.3) is 11.0 Å². The molecule has 2 aromatic carbocycles. The van der Waals surface area contributed by atoms with E-state index in [0.717, 1.165) is 11.1 Å². The first-order chi connectivity index (χ1) is 13.6. The number of rotatable bonds is 7. The predicted molar refractivity (Wildman–Crippen MR) is 100 cm³/mol. The van der Waals surface area contributed by atoms with Crippen LogP contribution in [0.15, 0.2) is 50.9 Å². The molecule has 3 aromatic rings. The monoisotopic (exact) mass is 424 g/mol. The van der Waals surface area contributed by atoms with Gasteiger partial charge in [-0.2, -0.15) is 8.78 Å². The van der Waals surface area contributed by atoms with Gasteiger partial charge in [-0.15, -0.1) is 10.2 Å². The number of benzene rings is 2. The molecule has 0 fully saturated rings.